The largest absolute Gasteiger partial charge is 0.434 e. The van der Waals surface area contributed by atoms with E-state index < -0.39 is 5.76 Å². The van der Waals surface area contributed by atoms with Crippen LogP contribution in [-0.2, 0) is 11.3 Å². The molecule has 1 aliphatic carbocycles. The molecular formula is C27H32ClN7O3. The van der Waals surface area contributed by atoms with Gasteiger partial charge in [0.25, 0.3) is 5.89 Å². The molecule has 5 heterocycles. The second-order valence-electron chi connectivity index (χ2n) is 10.8. The van der Waals surface area contributed by atoms with Crippen molar-refractivity contribution < 1.29 is 9.15 Å². The number of pyridine rings is 2. The summed E-state index contributed by atoms with van der Waals surface area (Å²) in [7, 11) is 0. The lowest BCUT2D eigenvalue weighted by atomic mass is 9.83. The van der Waals surface area contributed by atoms with Crippen LogP contribution in [0.25, 0.3) is 33.9 Å². The summed E-state index contributed by atoms with van der Waals surface area (Å²) < 4.78 is 13.4. The van der Waals surface area contributed by atoms with Crippen molar-refractivity contribution in [2.75, 3.05) is 18.1 Å². The lowest BCUT2D eigenvalue weighted by Crippen LogP contribution is -2.51. The molecule has 4 aromatic rings. The summed E-state index contributed by atoms with van der Waals surface area (Å²) in [4.78, 5) is 28.6. The standard InChI is InChI=1S/C27H32ClN7O3/c1-15-4-6-18(7-5-15)12-34-24-21(31-26(34)35-16(2)13-37-14-17(35)3)9-22(25-32-33-27(36)38-25)30-23(24)19-8-20(28)11-29-10-19/h8-11,15-18H,4-7,12-14H2,1-3H3,(H,33,36)/t15-,16-,17-,18-/m1/s1. The summed E-state index contributed by atoms with van der Waals surface area (Å²) in [5.41, 5.74) is 3.51. The molecule has 0 spiro atoms. The molecule has 2 atom stereocenters. The molecule has 0 aromatic carbocycles. The molecule has 0 radical (unpaired) electrons. The highest BCUT2D eigenvalue weighted by Gasteiger charge is 2.32. The number of morpholine rings is 1. The number of hydrogen-bond acceptors (Lipinski definition) is 8. The first-order valence-electron chi connectivity index (χ1n) is 13.3. The van der Waals surface area contributed by atoms with E-state index >= 15 is 0 Å². The average Bonchev–Trinajstić information content (AvgIpc) is 3.48. The van der Waals surface area contributed by atoms with Crippen molar-refractivity contribution in [3.63, 3.8) is 0 Å². The van der Waals surface area contributed by atoms with Crippen molar-refractivity contribution in [2.24, 2.45) is 11.8 Å². The predicted molar refractivity (Wildman–Crippen MR) is 145 cm³/mol. The molecule has 0 amide bonds. The zero-order valence-electron chi connectivity index (χ0n) is 21.9. The molecule has 2 aliphatic rings. The van der Waals surface area contributed by atoms with E-state index in [4.69, 9.17) is 30.7 Å². The maximum Gasteiger partial charge on any atom is 0.434 e. The molecule has 1 saturated carbocycles. The van der Waals surface area contributed by atoms with Gasteiger partial charge in [0.2, 0.25) is 5.95 Å². The minimum absolute atomic E-state index is 0.110. The van der Waals surface area contributed by atoms with Crippen molar-refractivity contribution in [1.29, 1.82) is 0 Å². The van der Waals surface area contributed by atoms with Gasteiger partial charge in [0.1, 0.15) is 5.69 Å². The maximum atomic E-state index is 11.7. The van der Waals surface area contributed by atoms with Crippen LogP contribution >= 0.6 is 11.6 Å². The van der Waals surface area contributed by atoms with E-state index in [2.05, 4.69) is 45.4 Å². The van der Waals surface area contributed by atoms with Gasteiger partial charge in [-0.1, -0.05) is 31.4 Å². The zero-order chi connectivity index (χ0) is 26.4. The van der Waals surface area contributed by atoms with Gasteiger partial charge < -0.3 is 18.6 Å². The van der Waals surface area contributed by atoms with Crippen molar-refractivity contribution in [3.05, 3.63) is 40.1 Å². The molecule has 0 bridgehead atoms. The van der Waals surface area contributed by atoms with E-state index in [1.54, 1.807) is 12.4 Å². The molecular weight excluding hydrogens is 506 g/mol. The SMILES string of the molecule is C[C@@H]1COC[C@@H](C)N1c1nc2cc(-c3n[nH]c(=O)o3)nc(-c3cncc(Cl)c3)c2n1C[C@H]1CC[C@H](C)CC1. The maximum absolute atomic E-state index is 11.7. The fourth-order valence-electron chi connectivity index (χ4n) is 5.87. The molecule has 1 N–H and O–H groups in total. The first-order chi connectivity index (χ1) is 18.4. The average molecular weight is 538 g/mol. The molecule has 4 aromatic heterocycles. The Kier molecular flexibility index (Phi) is 6.69. The number of nitrogens with one attached hydrogen (secondary N) is 1. The Morgan fingerprint density at radius 3 is 2.50 bits per heavy atom. The molecule has 1 saturated heterocycles. The minimum atomic E-state index is -0.637. The van der Waals surface area contributed by atoms with Crippen LogP contribution < -0.4 is 10.7 Å². The smallest absolute Gasteiger partial charge is 0.386 e. The number of fused-ring (bicyclic) bond motifs is 1. The third-order valence-electron chi connectivity index (χ3n) is 7.81. The van der Waals surface area contributed by atoms with E-state index in [9.17, 15) is 4.79 Å². The van der Waals surface area contributed by atoms with Crippen molar-refractivity contribution in [1.82, 2.24) is 29.7 Å². The van der Waals surface area contributed by atoms with Crippen LogP contribution in [0.15, 0.2) is 33.7 Å². The molecule has 11 heteroatoms. The number of H-pyrrole nitrogens is 1. The van der Waals surface area contributed by atoms with Crippen LogP contribution in [0.2, 0.25) is 5.02 Å². The van der Waals surface area contributed by atoms with E-state index in [1.807, 2.05) is 12.1 Å². The molecule has 10 nitrogen and oxygen atoms in total. The number of anilines is 1. The third kappa shape index (κ3) is 4.71. The van der Waals surface area contributed by atoms with E-state index in [0.29, 0.717) is 35.5 Å². The lowest BCUT2D eigenvalue weighted by molar-refractivity contribution is 0.0741. The van der Waals surface area contributed by atoms with Crippen LogP contribution in [-0.4, -0.2) is 55.0 Å². The number of hydrogen-bond donors (Lipinski definition) is 1. The Morgan fingerprint density at radius 1 is 1.05 bits per heavy atom. The normalized spacial score (nSPS) is 24.3. The number of imidazole rings is 1. The molecule has 2 fully saturated rings. The Bertz CT molecular complexity index is 1490. The van der Waals surface area contributed by atoms with Crippen LogP contribution in [0.5, 0.6) is 0 Å². The van der Waals surface area contributed by atoms with E-state index in [1.165, 1.54) is 25.7 Å². The second-order valence-corrected chi connectivity index (χ2v) is 11.3. The summed E-state index contributed by atoms with van der Waals surface area (Å²) >= 11 is 6.37. The highest BCUT2D eigenvalue weighted by Crippen LogP contribution is 2.38. The Balaban J connectivity index is 1.59. The molecule has 0 unspecified atom stereocenters. The summed E-state index contributed by atoms with van der Waals surface area (Å²) in [5.74, 6) is 1.69. The highest BCUT2D eigenvalue weighted by atomic mass is 35.5. The first-order valence-corrected chi connectivity index (χ1v) is 13.7. The van der Waals surface area contributed by atoms with Gasteiger partial charge in [-0.3, -0.25) is 4.98 Å². The van der Waals surface area contributed by atoms with Crippen molar-refractivity contribution in [3.8, 4) is 22.8 Å². The Morgan fingerprint density at radius 2 is 1.82 bits per heavy atom. The Hall–Kier alpha value is -3.24. The fourth-order valence-corrected chi connectivity index (χ4v) is 6.05. The van der Waals surface area contributed by atoms with Crippen LogP contribution in [0.4, 0.5) is 5.95 Å². The van der Waals surface area contributed by atoms with Gasteiger partial charge in [-0.2, -0.15) is 0 Å². The van der Waals surface area contributed by atoms with Crippen molar-refractivity contribution >= 4 is 28.6 Å². The summed E-state index contributed by atoms with van der Waals surface area (Å²) in [6.45, 7) is 8.81. The number of aromatic nitrogens is 6. The van der Waals surface area contributed by atoms with Crippen molar-refractivity contribution in [2.45, 2.75) is 65.1 Å². The van der Waals surface area contributed by atoms with Gasteiger partial charge >= 0.3 is 5.76 Å². The van der Waals surface area contributed by atoms with Crippen LogP contribution in [0, 0.1) is 11.8 Å². The number of ether oxygens (including phenoxy) is 1. The van der Waals surface area contributed by atoms with Gasteiger partial charge in [0, 0.05) is 24.5 Å². The third-order valence-corrected chi connectivity index (χ3v) is 8.02. The van der Waals surface area contributed by atoms with Crippen LogP contribution in [0.3, 0.4) is 0 Å². The van der Waals surface area contributed by atoms with Gasteiger partial charge in [-0.25, -0.2) is 19.9 Å². The number of nitrogens with zero attached hydrogens (tertiary/aromatic N) is 6. The van der Waals surface area contributed by atoms with Crippen LogP contribution in [0.1, 0.15) is 46.5 Å². The Labute approximate surface area is 225 Å². The van der Waals surface area contributed by atoms with Gasteiger partial charge in [0.15, 0.2) is 0 Å². The monoisotopic (exact) mass is 537 g/mol. The first kappa shape index (κ1) is 25.1. The van der Waals surface area contributed by atoms with E-state index in [-0.39, 0.29) is 18.0 Å². The number of halogens is 1. The summed E-state index contributed by atoms with van der Waals surface area (Å²) in [5, 5.41) is 6.86. The number of rotatable bonds is 5. The lowest BCUT2D eigenvalue weighted by Gasteiger charge is -2.40. The summed E-state index contributed by atoms with van der Waals surface area (Å²) in [6, 6.07) is 4.01. The second kappa shape index (κ2) is 10.1. The molecule has 6 rings (SSSR count). The summed E-state index contributed by atoms with van der Waals surface area (Å²) in [6.07, 6.45) is 8.20. The fraction of sp³-hybridized carbons (Fsp3) is 0.519. The molecule has 200 valence electrons. The van der Waals surface area contributed by atoms with E-state index in [0.717, 1.165) is 35.0 Å². The number of aromatic amines is 1. The highest BCUT2D eigenvalue weighted by molar-refractivity contribution is 6.30. The van der Waals surface area contributed by atoms with Gasteiger partial charge in [-0.15, -0.1) is 5.10 Å². The molecule has 38 heavy (non-hydrogen) atoms. The molecule has 1 aliphatic heterocycles. The quantitative estimate of drug-likeness (QED) is 0.381. The van der Waals surface area contributed by atoms with Gasteiger partial charge in [-0.05, 0) is 50.7 Å². The zero-order valence-corrected chi connectivity index (χ0v) is 22.6. The minimum Gasteiger partial charge on any atom is -0.386 e. The predicted octanol–water partition coefficient (Wildman–Crippen LogP) is 4.93. The van der Waals surface area contributed by atoms with Gasteiger partial charge in [0.05, 0.1) is 47.0 Å². The topological polar surface area (TPSA) is 115 Å².